The van der Waals surface area contributed by atoms with Crippen LogP contribution in [-0.2, 0) is 7.05 Å². The molecule has 0 saturated heterocycles. The fourth-order valence-corrected chi connectivity index (χ4v) is 2.01. The second kappa shape index (κ2) is 4.93. The van der Waals surface area contributed by atoms with Gasteiger partial charge < -0.3 is 10.5 Å². The average molecular weight is 279 g/mol. The highest BCUT2D eigenvalue weighted by Crippen LogP contribution is 2.32. The quantitative estimate of drug-likeness (QED) is 0.669. The minimum Gasteiger partial charge on any atom is -0.437 e. The Morgan fingerprint density at radius 1 is 1.42 bits per heavy atom. The van der Waals surface area contributed by atoms with Gasteiger partial charge in [0.2, 0.25) is 5.88 Å². The standard InChI is InChI=1S/C13H15ClN4O/c1-7-4-5-9(14)10(6-7)19-13-11(12(15)16)8(2)17-18(13)3/h4-6H,1-3H3,(H3,15,16). The zero-order valence-electron chi connectivity index (χ0n) is 11.0. The molecule has 0 bridgehead atoms. The summed E-state index contributed by atoms with van der Waals surface area (Å²) in [4.78, 5) is 0. The Hall–Kier alpha value is -2.01. The summed E-state index contributed by atoms with van der Waals surface area (Å²) in [5.41, 5.74) is 7.73. The van der Waals surface area contributed by atoms with Crippen molar-refractivity contribution in [2.24, 2.45) is 12.8 Å². The highest BCUT2D eigenvalue weighted by atomic mass is 35.5. The van der Waals surface area contributed by atoms with Gasteiger partial charge in [-0.1, -0.05) is 17.7 Å². The number of ether oxygens (including phenoxy) is 1. The number of nitrogens with one attached hydrogen (secondary N) is 1. The van der Waals surface area contributed by atoms with E-state index in [4.69, 9.17) is 27.5 Å². The number of aryl methyl sites for hydroxylation is 3. The van der Waals surface area contributed by atoms with Gasteiger partial charge in [0.15, 0.2) is 0 Å². The molecule has 100 valence electrons. The molecule has 3 N–H and O–H groups in total. The lowest BCUT2D eigenvalue weighted by Crippen LogP contribution is -2.13. The maximum Gasteiger partial charge on any atom is 0.228 e. The molecular formula is C13H15ClN4O. The number of hydrogen-bond acceptors (Lipinski definition) is 3. The molecule has 0 aliphatic rings. The van der Waals surface area contributed by atoms with Crippen molar-refractivity contribution in [2.75, 3.05) is 0 Å². The summed E-state index contributed by atoms with van der Waals surface area (Å²) in [6.45, 7) is 3.73. The maximum atomic E-state index is 7.60. The molecule has 0 aliphatic heterocycles. The Labute approximate surface area is 116 Å². The number of nitrogens with zero attached hydrogens (tertiary/aromatic N) is 2. The molecule has 5 nitrogen and oxygen atoms in total. The normalized spacial score (nSPS) is 10.5. The van der Waals surface area contributed by atoms with Crippen LogP contribution in [0, 0.1) is 19.3 Å². The third-order valence-electron chi connectivity index (χ3n) is 2.73. The first-order chi connectivity index (χ1) is 8.90. The van der Waals surface area contributed by atoms with Crippen molar-refractivity contribution in [1.82, 2.24) is 9.78 Å². The van der Waals surface area contributed by atoms with E-state index in [1.165, 1.54) is 0 Å². The molecule has 2 rings (SSSR count). The van der Waals surface area contributed by atoms with E-state index in [1.54, 1.807) is 24.7 Å². The van der Waals surface area contributed by atoms with Crippen LogP contribution in [0.3, 0.4) is 0 Å². The van der Waals surface area contributed by atoms with E-state index in [0.29, 0.717) is 27.9 Å². The van der Waals surface area contributed by atoms with Gasteiger partial charge in [-0.25, -0.2) is 4.68 Å². The molecule has 0 saturated carbocycles. The zero-order valence-corrected chi connectivity index (χ0v) is 11.7. The molecule has 6 heteroatoms. The van der Waals surface area contributed by atoms with E-state index in [-0.39, 0.29) is 5.84 Å². The van der Waals surface area contributed by atoms with E-state index in [0.717, 1.165) is 5.56 Å². The predicted molar refractivity (Wildman–Crippen MR) is 75.2 cm³/mol. The number of hydrogen-bond donors (Lipinski definition) is 2. The summed E-state index contributed by atoms with van der Waals surface area (Å²) in [6, 6.07) is 5.49. The highest BCUT2D eigenvalue weighted by Gasteiger charge is 2.18. The number of amidine groups is 1. The lowest BCUT2D eigenvalue weighted by Gasteiger charge is -2.10. The predicted octanol–water partition coefficient (Wildman–Crippen LogP) is 2.77. The minimum atomic E-state index is -0.0793. The van der Waals surface area contributed by atoms with Gasteiger partial charge in [-0.3, -0.25) is 5.41 Å². The first-order valence-corrected chi connectivity index (χ1v) is 6.10. The number of benzene rings is 1. The van der Waals surface area contributed by atoms with Crippen LogP contribution in [-0.4, -0.2) is 15.6 Å². The van der Waals surface area contributed by atoms with Gasteiger partial charge in [-0.05, 0) is 31.5 Å². The largest absolute Gasteiger partial charge is 0.437 e. The fraction of sp³-hybridized carbons (Fsp3) is 0.231. The molecule has 1 aromatic heterocycles. The van der Waals surface area contributed by atoms with Crippen LogP contribution in [0.1, 0.15) is 16.8 Å². The van der Waals surface area contributed by atoms with Crippen molar-refractivity contribution in [3.63, 3.8) is 0 Å². The molecule has 0 fully saturated rings. The lowest BCUT2D eigenvalue weighted by molar-refractivity contribution is 0.429. The zero-order chi connectivity index (χ0) is 14.2. The van der Waals surface area contributed by atoms with Crippen LogP contribution in [0.4, 0.5) is 0 Å². The number of rotatable bonds is 3. The van der Waals surface area contributed by atoms with Crippen molar-refractivity contribution >= 4 is 17.4 Å². The van der Waals surface area contributed by atoms with Crippen molar-refractivity contribution in [3.8, 4) is 11.6 Å². The van der Waals surface area contributed by atoms with Crippen LogP contribution >= 0.6 is 11.6 Å². The first-order valence-electron chi connectivity index (χ1n) is 5.72. The fourth-order valence-electron chi connectivity index (χ4n) is 1.86. The molecule has 0 unspecified atom stereocenters. The topological polar surface area (TPSA) is 76.9 Å². The van der Waals surface area contributed by atoms with E-state index in [2.05, 4.69) is 5.10 Å². The van der Waals surface area contributed by atoms with Gasteiger partial charge in [-0.2, -0.15) is 5.10 Å². The second-order valence-electron chi connectivity index (χ2n) is 4.34. The van der Waals surface area contributed by atoms with Crippen LogP contribution in [0.25, 0.3) is 0 Å². The first kappa shape index (κ1) is 13.4. The van der Waals surface area contributed by atoms with Crippen molar-refractivity contribution in [2.45, 2.75) is 13.8 Å². The minimum absolute atomic E-state index is 0.0793. The highest BCUT2D eigenvalue weighted by molar-refractivity contribution is 6.32. The average Bonchev–Trinajstić information content (AvgIpc) is 2.59. The molecule has 0 atom stereocenters. The third-order valence-corrected chi connectivity index (χ3v) is 3.04. The van der Waals surface area contributed by atoms with Crippen LogP contribution in [0.15, 0.2) is 18.2 Å². The molecular weight excluding hydrogens is 264 g/mol. The molecule has 0 radical (unpaired) electrons. The van der Waals surface area contributed by atoms with Crippen LogP contribution in [0.5, 0.6) is 11.6 Å². The SMILES string of the molecule is Cc1ccc(Cl)c(Oc2c(C(=N)N)c(C)nn2C)c1. The van der Waals surface area contributed by atoms with Gasteiger partial charge in [0.05, 0.1) is 10.7 Å². The Balaban J connectivity index is 2.49. The molecule has 0 amide bonds. The molecule has 0 spiro atoms. The van der Waals surface area contributed by atoms with Crippen molar-refractivity contribution < 1.29 is 4.74 Å². The van der Waals surface area contributed by atoms with Crippen LogP contribution < -0.4 is 10.5 Å². The molecule has 19 heavy (non-hydrogen) atoms. The monoisotopic (exact) mass is 278 g/mol. The van der Waals surface area contributed by atoms with Gasteiger partial charge in [0.25, 0.3) is 0 Å². The van der Waals surface area contributed by atoms with Gasteiger partial charge >= 0.3 is 0 Å². The summed E-state index contributed by atoms with van der Waals surface area (Å²) in [5, 5.41) is 12.3. The maximum absolute atomic E-state index is 7.60. The summed E-state index contributed by atoms with van der Waals surface area (Å²) < 4.78 is 7.33. The lowest BCUT2D eigenvalue weighted by atomic mass is 10.2. The second-order valence-corrected chi connectivity index (χ2v) is 4.75. The van der Waals surface area contributed by atoms with Crippen LogP contribution in [0.2, 0.25) is 5.02 Å². The number of nitrogens with two attached hydrogens (primary N) is 1. The van der Waals surface area contributed by atoms with Gasteiger partial charge in [0, 0.05) is 7.05 Å². The van der Waals surface area contributed by atoms with E-state index in [9.17, 15) is 0 Å². The van der Waals surface area contributed by atoms with E-state index in [1.807, 2.05) is 19.1 Å². The summed E-state index contributed by atoms with van der Waals surface area (Å²) >= 11 is 6.10. The Morgan fingerprint density at radius 2 is 2.11 bits per heavy atom. The van der Waals surface area contributed by atoms with E-state index < -0.39 is 0 Å². The molecule has 1 heterocycles. The Kier molecular flexibility index (Phi) is 3.48. The Morgan fingerprint density at radius 3 is 2.74 bits per heavy atom. The third kappa shape index (κ3) is 2.56. The number of aromatic nitrogens is 2. The summed E-state index contributed by atoms with van der Waals surface area (Å²) in [6.07, 6.45) is 0. The summed E-state index contributed by atoms with van der Waals surface area (Å²) in [7, 11) is 1.73. The van der Waals surface area contributed by atoms with Gasteiger partial charge in [-0.15, -0.1) is 0 Å². The molecule has 1 aromatic carbocycles. The van der Waals surface area contributed by atoms with Crippen molar-refractivity contribution in [3.05, 3.63) is 40.0 Å². The molecule has 2 aromatic rings. The van der Waals surface area contributed by atoms with E-state index >= 15 is 0 Å². The smallest absolute Gasteiger partial charge is 0.228 e. The molecule has 0 aliphatic carbocycles. The van der Waals surface area contributed by atoms with Gasteiger partial charge in [0.1, 0.15) is 17.1 Å². The number of halogens is 1. The van der Waals surface area contributed by atoms with Crippen molar-refractivity contribution in [1.29, 1.82) is 5.41 Å². The summed E-state index contributed by atoms with van der Waals surface area (Å²) in [5.74, 6) is 0.856. The Bertz CT molecular complexity index is 648. The number of nitrogen functional groups attached to an aromatic ring is 1.